The third-order valence-corrected chi connectivity index (χ3v) is 7.11. The molecular formula is C32H45F4IN4O2. The summed E-state index contributed by atoms with van der Waals surface area (Å²) in [4.78, 5) is 25.9. The topological polar surface area (TPSA) is 58.6 Å². The highest BCUT2D eigenvalue weighted by Gasteiger charge is 2.33. The van der Waals surface area contributed by atoms with Crippen LogP contribution < -0.4 is 4.90 Å². The Hall–Kier alpha value is -2.44. The first-order valence-electron chi connectivity index (χ1n) is 14.9. The van der Waals surface area contributed by atoms with Gasteiger partial charge in [0.25, 0.3) is 0 Å². The Morgan fingerprint density at radius 3 is 2.12 bits per heavy atom. The fraction of sp³-hybridized carbons (Fsp3) is 0.594. The molecule has 2 aliphatic rings. The number of ether oxygens (including phenoxy) is 1. The zero-order chi connectivity index (χ0) is 30.9. The molecule has 6 nitrogen and oxygen atoms in total. The van der Waals surface area contributed by atoms with Crippen LogP contribution in [0.15, 0.2) is 30.6 Å². The fourth-order valence-electron chi connectivity index (χ4n) is 4.92. The summed E-state index contributed by atoms with van der Waals surface area (Å²) in [6, 6.07) is 3.71. The first-order valence-corrected chi connectivity index (χ1v) is 14.9. The maximum Gasteiger partial charge on any atom is 0.410 e. The number of nitrogens with zero attached hydrogens (tertiary/aromatic N) is 4. The number of benzene rings is 1. The van der Waals surface area contributed by atoms with E-state index in [0.29, 0.717) is 44.1 Å². The minimum Gasteiger partial charge on any atom is -0.444 e. The van der Waals surface area contributed by atoms with Crippen LogP contribution in [-0.4, -0.2) is 59.2 Å². The van der Waals surface area contributed by atoms with Crippen molar-refractivity contribution >= 4 is 41.5 Å². The molecular weight excluding hydrogens is 675 g/mol. The zero-order valence-electron chi connectivity index (χ0n) is 25.8. The van der Waals surface area contributed by atoms with Gasteiger partial charge in [0, 0.05) is 44.2 Å². The van der Waals surface area contributed by atoms with Gasteiger partial charge < -0.3 is 14.5 Å². The van der Waals surface area contributed by atoms with Crippen molar-refractivity contribution < 1.29 is 27.1 Å². The number of hydrogen-bond donors (Lipinski definition) is 0. The lowest BCUT2D eigenvalue weighted by molar-refractivity contribution is 0.0240. The van der Waals surface area contributed by atoms with E-state index in [1.54, 1.807) is 11.2 Å². The summed E-state index contributed by atoms with van der Waals surface area (Å²) in [7, 11) is 0. The van der Waals surface area contributed by atoms with Gasteiger partial charge in [-0.15, -0.1) is 24.0 Å². The molecule has 0 N–H and O–H groups in total. The number of carbonyl (C=O) groups is 1. The number of rotatable bonds is 9. The van der Waals surface area contributed by atoms with Crippen LogP contribution in [0.3, 0.4) is 0 Å². The Morgan fingerprint density at radius 1 is 1.02 bits per heavy atom. The number of hydrogen-bond acceptors (Lipinski definition) is 5. The molecule has 1 saturated carbocycles. The molecule has 11 heteroatoms. The van der Waals surface area contributed by atoms with Crippen molar-refractivity contribution in [2.75, 3.05) is 31.1 Å². The molecule has 2 fully saturated rings. The molecule has 0 radical (unpaired) electrons. The third kappa shape index (κ3) is 11.9. The molecule has 1 saturated heterocycles. The fourth-order valence-corrected chi connectivity index (χ4v) is 4.92. The average molecular weight is 721 g/mol. The van der Waals surface area contributed by atoms with Crippen molar-refractivity contribution in [2.24, 2.45) is 5.92 Å². The van der Waals surface area contributed by atoms with E-state index in [1.165, 1.54) is 37.5 Å². The van der Waals surface area contributed by atoms with E-state index >= 15 is 0 Å². The highest BCUT2D eigenvalue weighted by Crippen LogP contribution is 2.45. The zero-order valence-corrected chi connectivity index (χ0v) is 28.2. The number of halogens is 5. The standard InChI is InChI=1S/C29H38F2N4O2.C3H6F2.HI/c1-5-24(21-10-11-21)26-25(9-7-6-8-20-16-22(30)18-23(31)17-20)32-19-33-27(26)34-12-14-35(15-13-34)28(36)37-29(2,3)4;1-2-3(4)5;/h5,16-19,21H,6-15H2,1-4H3;3H,2H2,1H3;1H/b24-5-;;. The monoisotopic (exact) mass is 720 g/mol. The van der Waals surface area contributed by atoms with Crippen molar-refractivity contribution in [1.82, 2.24) is 14.9 Å². The third-order valence-electron chi connectivity index (χ3n) is 7.11. The predicted octanol–water partition coefficient (Wildman–Crippen LogP) is 8.47. The molecule has 0 bridgehead atoms. The predicted molar refractivity (Wildman–Crippen MR) is 173 cm³/mol. The van der Waals surface area contributed by atoms with E-state index in [9.17, 15) is 22.4 Å². The van der Waals surface area contributed by atoms with Crippen molar-refractivity contribution in [1.29, 1.82) is 0 Å². The summed E-state index contributed by atoms with van der Waals surface area (Å²) >= 11 is 0. The molecule has 0 spiro atoms. The number of unbranched alkanes of at least 4 members (excludes halogenated alkanes) is 1. The number of aromatic nitrogens is 2. The van der Waals surface area contributed by atoms with Gasteiger partial charge in [0.05, 0.1) is 5.69 Å². The molecule has 4 rings (SSSR count). The maximum absolute atomic E-state index is 13.5. The Morgan fingerprint density at radius 2 is 1.60 bits per heavy atom. The summed E-state index contributed by atoms with van der Waals surface area (Å²) in [6.45, 7) is 11.7. The Kier molecular flexibility index (Phi) is 14.7. The molecule has 1 aromatic carbocycles. The Labute approximate surface area is 270 Å². The molecule has 2 aromatic rings. The van der Waals surface area contributed by atoms with Crippen LogP contribution in [0, 0.1) is 17.6 Å². The maximum atomic E-state index is 13.5. The van der Waals surface area contributed by atoms with Crippen LogP contribution in [0.5, 0.6) is 0 Å². The lowest BCUT2D eigenvalue weighted by atomic mass is 9.96. The van der Waals surface area contributed by atoms with Gasteiger partial charge in [0.2, 0.25) is 6.43 Å². The van der Waals surface area contributed by atoms with Gasteiger partial charge in [-0.3, -0.25) is 0 Å². The smallest absolute Gasteiger partial charge is 0.410 e. The van der Waals surface area contributed by atoms with E-state index in [1.807, 2.05) is 20.8 Å². The van der Waals surface area contributed by atoms with Crippen LogP contribution in [0.25, 0.3) is 5.57 Å². The normalized spacial score (nSPS) is 15.5. The number of alkyl halides is 2. The van der Waals surface area contributed by atoms with Crippen LogP contribution >= 0.6 is 24.0 Å². The van der Waals surface area contributed by atoms with E-state index < -0.39 is 23.7 Å². The molecule has 0 atom stereocenters. The van der Waals surface area contributed by atoms with Crippen LogP contribution in [0.4, 0.5) is 28.2 Å². The second-order valence-corrected chi connectivity index (χ2v) is 11.8. The minimum absolute atomic E-state index is 0. The molecule has 1 aliphatic carbocycles. The molecule has 1 aromatic heterocycles. The molecule has 1 amide bonds. The number of allylic oxidation sites excluding steroid dienone is 2. The quantitative estimate of drug-likeness (QED) is 0.148. The highest BCUT2D eigenvalue weighted by molar-refractivity contribution is 14.0. The van der Waals surface area contributed by atoms with Crippen LogP contribution in [-0.2, 0) is 17.6 Å². The number of aryl methyl sites for hydroxylation is 2. The van der Waals surface area contributed by atoms with Gasteiger partial charge in [-0.05, 0) is 95.4 Å². The molecule has 0 unspecified atom stereocenters. The summed E-state index contributed by atoms with van der Waals surface area (Å²) in [5.41, 5.74) is 3.60. The number of anilines is 1. The van der Waals surface area contributed by atoms with Crippen molar-refractivity contribution in [3.63, 3.8) is 0 Å². The first kappa shape index (κ1) is 36.8. The Bertz CT molecular complexity index is 1190. The largest absolute Gasteiger partial charge is 0.444 e. The molecule has 240 valence electrons. The summed E-state index contributed by atoms with van der Waals surface area (Å²) in [5.74, 6) is 0.395. The first-order chi connectivity index (χ1) is 19.9. The van der Waals surface area contributed by atoms with Crippen molar-refractivity contribution in [3.05, 3.63) is 59.1 Å². The number of carbonyl (C=O) groups excluding carboxylic acids is 1. The lowest BCUT2D eigenvalue weighted by Crippen LogP contribution is -2.50. The van der Waals surface area contributed by atoms with Crippen molar-refractivity contribution in [2.45, 2.75) is 91.6 Å². The van der Waals surface area contributed by atoms with Gasteiger partial charge >= 0.3 is 6.09 Å². The molecule has 2 heterocycles. The Balaban J connectivity index is 0.000000993. The van der Waals surface area contributed by atoms with Gasteiger partial charge in [-0.1, -0.05) is 13.0 Å². The average Bonchev–Trinajstić information content (AvgIpc) is 3.76. The lowest BCUT2D eigenvalue weighted by Gasteiger charge is -2.37. The summed E-state index contributed by atoms with van der Waals surface area (Å²) < 4.78 is 54.1. The summed E-state index contributed by atoms with van der Waals surface area (Å²) in [6.07, 6.45) is 6.80. The van der Waals surface area contributed by atoms with Crippen molar-refractivity contribution in [3.8, 4) is 0 Å². The van der Waals surface area contributed by atoms with E-state index in [2.05, 4.69) is 22.9 Å². The minimum atomic E-state index is -2.12. The second kappa shape index (κ2) is 17.2. The SMILES string of the molecule is C/C=C(\c1c(CCCCc2cc(F)cc(F)c2)ncnc1N1CCN(C(=O)OC(C)(C)C)CC1)C1CC1.CCC(F)F.I. The van der Waals surface area contributed by atoms with Gasteiger partial charge in [-0.25, -0.2) is 32.3 Å². The van der Waals surface area contributed by atoms with E-state index in [-0.39, 0.29) is 36.5 Å². The molecule has 43 heavy (non-hydrogen) atoms. The van der Waals surface area contributed by atoms with Gasteiger partial charge in [0.1, 0.15) is 29.4 Å². The number of piperazine rings is 1. The van der Waals surface area contributed by atoms with Gasteiger partial charge in [-0.2, -0.15) is 0 Å². The highest BCUT2D eigenvalue weighted by atomic mass is 127. The van der Waals surface area contributed by atoms with E-state index in [0.717, 1.165) is 42.4 Å². The van der Waals surface area contributed by atoms with Crippen LogP contribution in [0.2, 0.25) is 0 Å². The van der Waals surface area contributed by atoms with E-state index in [4.69, 9.17) is 9.72 Å². The number of amides is 1. The summed E-state index contributed by atoms with van der Waals surface area (Å²) in [5, 5.41) is 0. The van der Waals surface area contributed by atoms with Gasteiger partial charge in [0.15, 0.2) is 0 Å². The molecule has 1 aliphatic heterocycles. The second-order valence-electron chi connectivity index (χ2n) is 11.8. The van der Waals surface area contributed by atoms with Crippen LogP contribution in [0.1, 0.15) is 83.5 Å².